The molecule has 1 aliphatic heterocycles. The summed E-state index contributed by atoms with van der Waals surface area (Å²) in [5.74, 6) is -1.93. The molecule has 0 spiro atoms. The minimum Gasteiger partial charge on any atom is -0.480 e. The third kappa shape index (κ3) is 5.80. The second-order valence-electron chi connectivity index (χ2n) is 9.26. The zero-order chi connectivity index (χ0) is 24.9. The summed E-state index contributed by atoms with van der Waals surface area (Å²) in [5, 5.41) is 14.6. The van der Waals surface area contributed by atoms with Gasteiger partial charge >= 0.3 is 12.1 Å². The number of likely N-dealkylation sites (N-methyl/N-ethyl adjacent to an activating group) is 1. The summed E-state index contributed by atoms with van der Waals surface area (Å²) in [6, 6.07) is 15.3. The molecule has 2 aromatic rings. The van der Waals surface area contributed by atoms with Crippen molar-refractivity contribution < 1.29 is 29.0 Å². The predicted octanol–water partition coefficient (Wildman–Crippen LogP) is 2.06. The van der Waals surface area contributed by atoms with Crippen molar-refractivity contribution in [2.75, 3.05) is 40.4 Å². The molecule has 1 fully saturated rings. The smallest absolute Gasteiger partial charge is 0.407 e. The van der Waals surface area contributed by atoms with Gasteiger partial charge in [0.1, 0.15) is 12.6 Å². The summed E-state index contributed by atoms with van der Waals surface area (Å²) >= 11 is 0. The Hall–Kier alpha value is -3.43. The van der Waals surface area contributed by atoms with Crippen LogP contribution in [0, 0.1) is 5.92 Å². The Morgan fingerprint density at radius 3 is 2.31 bits per heavy atom. The van der Waals surface area contributed by atoms with Gasteiger partial charge in [-0.3, -0.25) is 4.79 Å². The van der Waals surface area contributed by atoms with E-state index in [1.165, 1.54) is 0 Å². The normalized spacial score (nSPS) is 19.6. The summed E-state index contributed by atoms with van der Waals surface area (Å²) in [7, 11) is 3.48. The van der Waals surface area contributed by atoms with E-state index in [0.29, 0.717) is 6.42 Å². The lowest BCUT2D eigenvalue weighted by atomic mass is 9.98. The molecule has 1 saturated heterocycles. The monoisotopic (exact) mass is 481 g/mol. The van der Waals surface area contributed by atoms with E-state index >= 15 is 0 Å². The molecule has 2 amide bonds. The number of rotatable bonds is 9. The van der Waals surface area contributed by atoms with E-state index in [1.54, 1.807) is 19.0 Å². The molecule has 0 bridgehead atoms. The molecule has 186 valence electrons. The highest BCUT2D eigenvalue weighted by Crippen LogP contribution is 2.44. The lowest BCUT2D eigenvalue weighted by Gasteiger charge is -2.20. The molecule has 2 aromatic carbocycles. The van der Waals surface area contributed by atoms with Crippen LogP contribution in [0.2, 0.25) is 0 Å². The number of hydrogen-bond acceptors (Lipinski definition) is 6. The molecule has 0 aromatic heterocycles. The fourth-order valence-corrected chi connectivity index (χ4v) is 4.72. The van der Waals surface area contributed by atoms with E-state index in [1.807, 2.05) is 24.3 Å². The minimum absolute atomic E-state index is 0.0201. The van der Waals surface area contributed by atoms with Crippen LogP contribution in [-0.2, 0) is 19.1 Å². The first-order valence-electron chi connectivity index (χ1n) is 11.7. The molecule has 0 radical (unpaired) electrons. The summed E-state index contributed by atoms with van der Waals surface area (Å²) < 4.78 is 11.2. The van der Waals surface area contributed by atoms with Gasteiger partial charge in [0.2, 0.25) is 5.91 Å². The van der Waals surface area contributed by atoms with Gasteiger partial charge in [-0.1, -0.05) is 48.5 Å². The third-order valence-electron chi connectivity index (χ3n) is 6.43. The average Bonchev–Trinajstić information content (AvgIpc) is 3.44. The minimum atomic E-state index is -1.08. The lowest BCUT2D eigenvalue weighted by molar-refractivity contribution is -0.142. The van der Waals surface area contributed by atoms with Crippen LogP contribution in [0.25, 0.3) is 11.1 Å². The third-order valence-corrected chi connectivity index (χ3v) is 6.43. The van der Waals surface area contributed by atoms with Crippen LogP contribution in [0.15, 0.2) is 48.5 Å². The molecule has 1 aliphatic carbocycles. The molecular weight excluding hydrogens is 450 g/mol. The van der Waals surface area contributed by atoms with Crippen molar-refractivity contribution >= 4 is 18.0 Å². The van der Waals surface area contributed by atoms with Gasteiger partial charge in [-0.15, -0.1) is 0 Å². The van der Waals surface area contributed by atoms with Crippen LogP contribution in [0.1, 0.15) is 23.5 Å². The van der Waals surface area contributed by atoms with E-state index in [-0.39, 0.29) is 44.2 Å². The van der Waals surface area contributed by atoms with Crippen molar-refractivity contribution in [1.82, 2.24) is 15.5 Å². The number of amides is 2. The maximum Gasteiger partial charge on any atom is 0.407 e. The second-order valence-corrected chi connectivity index (χ2v) is 9.26. The van der Waals surface area contributed by atoms with E-state index in [0.717, 1.165) is 22.3 Å². The van der Waals surface area contributed by atoms with E-state index < -0.39 is 24.0 Å². The molecule has 3 N–H and O–H groups in total. The Labute approximate surface area is 204 Å². The fraction of sp³-hybridized carbons (Fsp3) is 0.423. The number of carboxylic acid groups (broad SMARTS) is 1. The zero-order valence-corrected chi connectivity index (χ0v) is 19.9. The van der Waals surface area contributed by atoms with Crippen molar-refractivity contribution in [3.63, 3.8) is 0 Å². The number of nitrogens with one attached hydrogen (secondary N) is 2. The molecule has 1 heterocycles. The Morgan fingerprint density at radius 1 is 1.09 bits per heavy atom. The van der Waals surface area contributed by atoms with Crippen molar-refractivity contribution in [2.45, 2.75) is 24.5 Å². The molecule has 2 aliphatic rings. The number of benzene rings is 2. The van der Waals surface area contributed by atoms with E-state index in [2.05, 4.69) is 34.9 Å². The number of carbonyl (C=O) groups is 3. The van der Waals surface area contributed by atoms with Gasteiger partial charge in [-0.2, -0.15) is 0 Å². The SMILES string of the molecule is CN(C)CC(NC(=O)C1COC(CNC(=O)OCC2c3ccccc3-c3ccccc32)C1)C(=O)O. The number of ether oxygens (including phenoxy) is 2. The molecule has 3 atom stereocenters. The van der Waals surface area contributed by atoms with Crippen molar-refractivity contribution in [3.05, 3.63) is 59.7 Å². The second kappa shape index (κ2) is 10.9. The van der Waals surface area contributed by atoms with Crippen LogP contribution in [-0.4, -0.2) is 80.5 Å². The molecule has 9 nitrogen and oxygen atoms in total. The Kier molecular flexibility index (Phi) is 7.67. The Balaban J connectivity index is 1.24. The summed E-state index contributed by atoms with van der Waals surface area (Å²) in [6.45, 7) is 0.804. The van der Waals surface area contributed by atoms with Gasteiger partial charge < -0.3 is 30.1 Å². The lowest BCUT2D eigenvalue weighted by Crippen LogP contribution is -2.49. The molecule has 4 rings (SSSR count). The highest BCUT2D eigenvalue weighted by atomic mass is 16.5. The highest BCUT2D eigenvalue weighted by molar-refractivity contribution is 5.85. The van der Waals surface area contributed by atoms with Gasteiger partial charge in [0, 0.05) is 19.0 Å². The van der Waals surface area contributed by atoms with Crippen LogP contribution in [0.4, 0.5) is 4.79 Å². The Bertz CT molecular complexity index is 1040. The van der Waals surface area contributed by atoms with Gasteiger partial charge in [-0.05, 0) is 42.8 Å². The first-order chi connectivity index (χ1) is 16.8. The van der Waals surface area contributed by atoms with E-state index in [4.69, 9.17) is 9.47 Å². The van der Waals surface area contributed by atoms with Crippen LogP contribution >= 0.6 is 0 Å². The quantitative estimate of drug-likeness (QED) is 0.502. The highest BCUT2D eigenvalue weighted by Gasteiger charge is 2.34. The first kappa shape index (κ1) is 24.7. The van der Waals surface area contributed by atoms with Gasteiger partial charge in [0.05, 0.1) is 18.6 Å². The standard InChI is InChI=1S/C26H31N3O6/c1-29(2)13-23(25(31)32)28-24(30)16-11-17(34-14-16)12-27-26(33)35-15-22-20-9-5-3-7-18(20)19-8-4-6-10-21(19)22/h3-10,16-17,22-23H,11-15H2,1-2H3,(H,27,33)(H,28,30)(H,31,32). The fourth-order valence-electron chi connectivity index (χ4n) is 4.72. The van der Waals surface area contributed by atoms with Gasteiger partial charge in [0.15, 0.2) is 0 Å². The van der Waals surface area contributed by atoms with Crippen LogP contribution in [0.5, 0.6) is 0 Å². The topological polar surface area (TPSA) is 117 Å². The van der Waals surface area contributed by atoms with Crippen LogP contribution < -0.4 is 10.6 Å². The molecule has 0 saturated carbocycles. The molecular formula is C26H31N3O6. The largest absolute Gasteiger partial charge is 0.480 e. The zero-order valence-electron chi connectivity index (χ0n) is 19.9. The van der Waals surface area contributed by atoms with E-state index in [9.17, 15) is 19.5 Å². The molecule has 9 heteroatoms. The molecule has 35 heavy (non-hydrogen) atoms. The number of carbonyl (C=O) groups excluding carboxylic acids is 2. The van der Waals surface area contributed by atoms with Crippen molar-refractivity contribution in [2.24, 2.45) is 5.92 Å². The van der Waals surface area contributed by atoms with Crippen molar-refractivity contribution in [3.8, 4) is 11.1 Å². The number of hydrogen-bond donors (Lipinski definition) is 3. The Morgan fingerprint density at radius 2 is 1.71 bits per heavy atom. The number of aliphatic carboxylic acids is 1. The predicted molar refractivity (Wildman–Crippen MR) is 129 cm³/mol. The maximum absolute atomic E-state index is 12.5. The summed E-state index contributed by atoms with van der Waals surface area (Å²) in [6.07, 6.45) is -0.493. The summed E-state index contributed by atoms with van der Waals surface area (Å²) in [4.78, 5) is 38.0. The van der Waals surface area contributed by atoms with Crippen LogP contribution in [0.3, 0.4) is 0 Å². The maximum atomic E-state index is 12.5. The number of fused-ring (bicyclic) bond motifs is 3. The van der Waals surface area contributed by atoms with Gasteiger partial charge in [-0.25, -0.2) is 9.59 Å². The number of alkyl carbamates (subject to hydrolysis) is 1. The molecule has 3 unspecified atom stereocenters. The average molecular weight is 482 g/mol. The number of carboxylic acids is 1. The first-order valence-corrected chi connectivity index (χ1v) is 11.7. The number of nitrogens with zero attached hydrogens (tertiary/aromatic N) is 1. The van der Waals surface area contributed by atoms with Gasteiger partial charge in [0.25, 0.3) is 0 Å². The van der Waals surface area contributed by atoms with Crippen molar-refractivity contribution in [1.29, 1.82) is 0 Å². The summed E-state index contributed by atoms with van der Waals surface area (Å²) in [5.41, 5.74) is 4.61.